The minimum atomic E-state index is -0.647. The molecule has 4 heteroatoms. The predicted molar refractivity (Wildman–Crippen MR) is 146 cm³/mol. The minimum absolute atomic E-state index is 0.647. The number of unbranched alkanes of at least 4 members (excludes halogenated alkanes) is 10. The van der Waals surface area contributed by atoms with Crippen LogP contribution in [0.1, 0.15) is 117 Å². The third-order valence-electron chi connectivity index (χ3n) is 6.45. The lowest BCUT2D eigenvalue weighted by Gasteiger charge is -2.38. The molecule has 0 aromatic rings. The van der Waals surface area contributed by atoms with E-state index >= 15 is 0 Å². The molecule has 1 atom stereocenters. The van der Waals surface area contributed by atoms with Crippen LogP contribution in [0, 0.1) is 5.41 Å². The topological polar surface area (TPSA) is 36.2 Å². The summed E-state index contributed by atoms with van der Waals surface area (Å²) in [5, 5.41) is 8.66. The van der Waals surface area contributed by atoms with Crippen molar-refractivity contribution in [1.29, 1.82) is 5.41 Å². The van der Waals surface area contributed by atoms with Crippen molar-refractivity contribution < 1.29 is 0 Å². The fraction of sp³-hybridized carbons (Fsp3) is 0.846. The summed E-state index contributed by atoms with van der Waals surface area (Å²) in [5.41, 5.74) is 2.95. The third-order valence-corrected chi connectivity index (χ3v) is 10.2. The molecule has 0 aromatic heterocycles. The van der Waals surface area contributed by atoms with Gasteiger partial charge in [-0.15, -0.1) is 0 Å². The Bertz CT molecular complexity index is 527. The van der Waals surface area contributed by atoms with Crippen molar-refractivity contribution >= 4 is 34.3 Å². The minimum Gasteiger partial charge on any atom is -0.303 e. The summed E-state index contributed by atoms with van der Waals surface area (Å²) in [7, 11) is -0.647. The zero-order valence-corrected chi connectivity index (χ0v) is 22.0. The lowest BCUT2D eigenvalue weighted by Crippen LogP contribution is -2.23. The number of nitrogens with one attached hydrogen (secondary N) is 1. The van der Waals surface area contributed by atoms with Gasteiger partial charge in [0.15, 0.2) is 0 Å². The molecular weight excluding hydrogens is 404 g/mol. The van der Waals surface area contributed by atoms with Gasteiger partial charge >= 0.3 is 0 Å². The monoisotopic (exact) mass is 454 g/mol. The fourth-order valence-electron chi connectivity index (χ4n) is 4.47. The predicted octanol–water partition coefficient (Wildman–Crippen LogP) is 8.95. The standard InChI is InChI=1S/C26H50N2S2/c1-4-6-8-10-11-13-17-21-30(3)22-18-14-15-19-24(23-30)26(28-29)25(27)20-16-12-9-7-5-2/h19,27,29H,4-18,20-23H2,1-3H3/b24-19+,27-25?,28-26-. The summed E-state index contributed by atoms with van der Waals surface area (Å²) in [5.74, 6) is 3.94. The second-order valence-corrected chi connectivity index (χ2v) is 13.7. The van der Waals surface area contributed by atoms with E-state index in [9.17, 15) is 0 Å². The molecule has 1 unspecified atom stereocenters. The number of rotatable bonds is 16. The largest absolute Gasteiger partial charge is 0.303 e. The van der Waals surface area contributed by atoms with Crippen molar-refractivity contribution in [3.05, 3.63) is 11.6 Å². The Hall–Kier alpha value is -0.220. The van der Waals surface area contributed by atoms with Crippen molar-refractivity contribution in [1.82, 2.24) is 0 Å². The Kier molecular flexibility index (Phi) is 16.1. The second-order valence-electron chi connectivity index (χ2n) is 9.47. The molecule has 0 bridgehead atoms. The molecule has 176 valence electrons. The van der Waals surface area contributed by atoms with Gasteiger partial charge in [0.25, 0.3) is 0 Å². The maximum Gasteiger partial charge on any atom is 0.0954 e. The molecule has 2 nitrogen and oxygen atoms in total. The normalized spacial score (nSPS) is 24.4. The SMILES string of the molecule is CCCCCCCCCS1(C)CCCC/C=C(/C(=N/S)C(=N)CCCCCCC)C1. The Labute approximate surface area is 195 Å². The molecule has 0 aromatic carbocycles. The smallest absolute Gasteiger partial charge is 0.0954 e. The highest BCUT2D eigenvalue weighted by atomic mass is 32.3. The average Bonchev–Trinajstić information content (AvgIpc) is 2.71. The van der Waals surface area contributed by atoms with Crippen LogP contribution in [0.25, 0.3) is 0 Å². The van der Waals surface area contributed by atoms with E-state index in [1.54, 1.807) is 0 Å². The van der Waals surface area contributed by atoms with E-state index in [0.717, 1.165) is 30.7 Å². The molecule has 0 fully saturated rings. The van der Waals surface area contributed by atoms with Gasteiger partial charge in [0.05, 0.1) is 11.4 Å². The van der Waals surface area contributed by atoms with Crippen molar-refractivity contribution in [2.45, 2.75) is 117 Å². The Morgan fingerprint density at radius 2 is 1.53 bits per heavy atom. The van der Waals surface area contributed by atoms with Crippen LogP contribution in [-0.4, -0.2) is 34.9 Å². The molecular formula is C26H50N2S2. The fourth-order valence-corrected chi connectivity index (χ4v) is 8.02. The van der Waals surface area contributed by atoms with Gasteiger partial charge < -0.3 is 5.41 Å². The molecule has 0 radical (unpaired) electrons. The van der Waals surface area contributed by atoms with Crippen molar-refractivity contribution in [2.24, 2.45) is 4.40 Å². The average molecular weight is 455 g/mol. The quantitative estimate of drug-likeness (QED) is 0.133. The molecule has 0 saturated heterocycles. The van der Waals surface area contributed by atoms with Gasteiger partial charge in [-0.2, -0.15) is 0 Å². The van der Waals surface area contributed by atoms with E-state index in [0.29, 0.717) is 5.71 Å². The molecule has 0 spiro atoms. The van der Waals surface area contributed by atoms with Crippen LogP contribution in [0.3, 0.4) is 0 Å². The second kappa shape index (κ2) is 17.3. The van der Waals surface area contributed by atoms with Crippen LogP contribution >= 0.6 is 22.8 Å². The van der Waals surface area contributed by atoms with Gasteiger partial charge in [-0.25, -0.2) is 14.4 Å². The van der Waals surface area contributed by atoms with Gasteiger partial charge in [0.2, 0.25) is 0 Å². The summed E-state index contributed by atoms with van der Waals surface area (Å²) in [4.78, 5) is 0. The van der Waals surface area contributed by atoms with E-state index in [1.165, 1.54) is 101 Å². The van der Waals surface area contributed by atoms with Crippen molar-refractivity contribution in [3.63, 3.8) is 0 Å². The van der Waals surface area contributed by atoms with Gasteiger partial charge in [-0.3, -0.25) is 0 Å². The summed E-state index contributed by atoms with van der Waals surface area (Å²) in [6, 6.07) is 0. The molecule has 0 amide bonds. The van der Waals surface area contributed by atoms with E-state index in [-0.39, 0.29) is 0 Å². The Morgan fingerprint density at radius 3 is 2.17 bits per heavy atom. The molecule has 1 rings (SSSR count). The highest BCUT2D eigenvalue weighted by molar-refractivity contribution is 8.33. The van der Waals surface area contributed by atoms with Gasteiger partial charge in [-0.05, 0) is 74.7 Å². The molecule has 0 aliphatic carbocycles. The van der Waals surface area contributed by atoms with Gasteiger partial charge in [-0.1, -0.05) is 84.1 Å². The highest BCUT2D eigenvalue weighted by Crippen LogP contribution is 2.48. The summed E-state index contributed by atoms with van der Waals surface area (Å²) in [6.45, 7) is 4.54. The maximum atomic E-state index is 8.66. The molecule has 1 aliphatic rings. The molecule has 1 heterocycles. The first-order chi connectivity index (χ1) is 14.6. The molecule has 0 saturated carbocycles. The van der Waals surface area contributed by atoms with Crippen LogP contribution < -0.4 is 0 Å². The number of hydrogen-bond acceptors (Lipinski definition) is 3. The van der Waals surface area contributed by atoms with Crippen molar-refractivity contribution in [2.75, 3.05) is 23.5 Å². The first kappa shape index (κ1) is 27.8. The van der Waals surface area contributed by atoms with Crippen LogP contribution in [-0.2, 0) is 0 Å². The summed E-state index contributed by atoms with van der Waals surface area (Å²) < 4.78 is 4.33. The lowest BCUT2D eigenvalue weighted by atomic mass is 10.0. The number of hydrogen-bond donors (Lipinski definition) is 2. The van der Waals surface area contributed by atoms with E-state index in [2.05, 4.69) is 43.4 Å². The van der Waals surface area contributed by atoms with Gasteiger partial charge in [0, 0.05) is 5.75 Å². The van der Waals surface area contributed by atoms with Crippen LogP contribution in [0.2, 0.25) is 0 Å². The molecule has 30 heavy (non-hydrogen) atoms. The zero-order valence-electron chi connectivity index (χ0n) is 20.3. The van der Waals surface area contributed by atoms with Gasteiger partial charge in [0.1, 0.15) is 0 Å². The number of allylic oxidation sites excluding steroid dienone is 1. The number of nitrogens with zero attached hydrogens (tertiary/aromatic N) is 1. The highest BCUT2D eigenvalue weighted by Gasteiger charge is 2.24. The maximum absolute atomic E-state index is 8.66. The Morgan fingerprint density at radius 1 is 0.933 bits per heavy atom. The first-order valence-electron chi connectivity index (χ1n) is 12.8. The van der Waals surface area contributed by atoms with E-state index in [1.807, 2.05) is 0 Å². The summed E-state index contributed by atoms with van der Waals surface area (Å²) >= 11 is 4.30. The lowest BCUT2D eigenvalue weighted by molar-refractivity contribution is 0.603. The first-order valence-corrected chi connectivity index (χ1v) is 15.7. The summed E-state index contributed by atoms with van der Waals surface area (Å²) in [6.07, 6.45) is 25.6. The molecule has 1 aliphatic heterocycles. The van der Waals surface area contributed by atoms with Crippen LogP contribution in [0.15, 0.2) is 16.0 Å². The number of thiol groups is 1. The van der Waals surface area contributed by atoms with Crippen molar-refractivity contribution in [3.8, 4) is 0 Å². The molecule has 1 N–H and O–H groups in total. The zero-order chi connectivity index (χ0) is 22.1. The van der Waals surface area contributed by atoms with E-state index < -0.39 is 10.0 Å². The van der Waals surface area contributed by atoms with E-state index in [4.69, 9.17) is 5.41 Å². The van der Waals surface area contributed by atoms with Crippen LogP contribution in [0.4, 0.5) is 0 Å². The third kappa shape index (κ3) is 12.0. The Balaban J connectivity index is 2.58. The van der Waals surface area contributed by atoms with Crippen LogP contribution in [0.5, 0.6) is 0 Å².